The van der Waals surface area contributed by atoms with Crippen LogP contribution in [0.1, 0.15) is 21.7 Å². The van der Waals surface area contributed by atoms with Crippen molar-refractivity contribution in [2.24, 2.45) is 0 Å². The van der Waals surface area contributed by atoms with Gasteiger partial charge in [-0.1, -0.05) is 24.3 Å². The molecule has 0 aliphatic carbocycles. The lowest BCUT2D eigenvalue weighted by Crippen LogP contribution is -1.95. The fourth-order valence-corrected chi connectivity index (χ4v) is 2.47. The predicted octanol–water partition coefficient (Wildman–Crippen LogP) is 4.62. The SMILES string of the molecule is N#C/C(=C\c1ccc(-c2cccc([N+](=O)[O-])c2)o1)c1ccc(C(=O)O)cc1. The first kappa shape index (κ1) is 17.6. The van der Waals surface area contributed by atoms with Gasteiger partial charge in [-0.3, -0.25) is 10.1 Å². The number of furan rings is 1. The molecule has 2 aromatic carbocycles. The predicted molar refractivity (Wildman–Crippen MR) is 97.7 cm³/mol. The first-order valence-corrected chi connectivity index (χ1v) is 7.78. The molecule has 0 bridgehead atoms. The van der Waals surface area contributed by atoms with E-state index in [0.717, 1.165) is 0 Å². The fraction of sp³-hybridized carbons (Fsp3) is 0. The minimum atomic E-state index is -1.04. The highest BCUT2D eigenvalue weighted by Gasteiger charge is 2.11. The lowest BCUT2D eigenvalue weighted by atomic mass is 10.0. The van der Waals surface area contributed by atoms with E-state index in [-0.39, 0.29) is 11.3 Å². The molecule has 1 N–H and O–H groups in total. The van der Waals surface area contributed by atoms with E-state index >= 15 is 0 Å². The monoisotopic (exact) mass is 360 g/mol. The Morgan fingerprint density at radius 1 is 1.11 bits per heavy atom. The highest BCUT2D eigenvalue weighted by Crippen LogP contribution is 2.27. The number of carboxylic acids is 1. The third-order valence-corrected chi connectivity index (χ3v) is 3.82. The minimum Gasteiger partial charge on any atom is -0.478 e. The number of nitro benzene ring substituents is 1. The van der Waals surface area contributed by atoms with Gasteiger partial charge in [0, 0.05) is 17.7 Å². The normalized spacial score (nSPS) is 11.0. The first-order valence-electron chi connectivity index (χ1n) is 7.78. The number of carboxylic acid groups (broad SMARTS) is 1. The molecule has 0 radical (unpaired) electrons. The third-order valence-electron chi connectivity index (χ3n) is 3.82. The number of nitrogens with zero attached hydrogens (tertiary/aromatic N) is 2. The molecule has 0 spiro atoms. The summed E-state index contributed by atoms with van der Waals surface area (Å²) in [5.41, 5.74) is 1.48. The Labute approximate surface area is 153 Å². The number of carbonyl (C=O) groups is 1. The van der Waals surface area contributed by atoms with Crippen molar-refractivity contribution in [2.45, 2.75) is 0 Å². The molecule has 3 aromatic rings. The van der Waals surface area contributed by atoms with Gasteiger partial charge < -0.3 is 9.52 Å². The van der Waals surface area contributed by atoms with Gasteiger partial charge in [0.2, 0.25) is 0 Å². The quantitative estimate of drug-likeness (QED) is 0.403. The second-order valence-electron chi connectivity index (χ2n) is 5.56. The second kappa shape index (κ2) is 7.37. The van der Waals surface area contributed by atoms with Crippen molar-refractivity contribution in [3.63, 3.8) is 0 Å². The summed E-state index contributed by atoms with van der Waals surface area (Å²) in [5, 5.41) is 29.2. The standard InChI is InChI=1S/C20H12N2O5/c21-12-16(13-4-6-14(7-5-13)20(23)24)11-18-8-9-19(27-18)15-2-1-3-17(10-15)22(25)26/h1-11H,(H,23,24)/b16-11+. The number of non-ortho nitro benzene ring substituents is 1. The number of rotatable bonds is 5. The van der Waals surface area contributed by atoms with Crippen molar-refractivity contribution in [3.05, 3.63) is 87.7 Å². The molecule has 3 rings (SSSR count). The van der Waals surface area contributed by atoms with Crippen molar-refractivity contribution >= 4 is 23.3 Å². The molecule has 0 aliphatic heterocycles. The van der Waals surface area contributed by atoms with Gasteiger partial charge >= 0.3 is 5.97 Å². The average molecular weight is 360 g/mol. The summed E-state index contributed by atoms with van der Waals surface area (Å²) in [7, 11) is 0. The summed E-state index contributed by atoms with van der Waals surface area (Å²) < 4.78 is 5.68. The molecule has 0 amide bonds. The van der Waals surface area contributed by atoms with E-state index in [1.807, 2.05) is 0 Å². The van der Waals surface area contributed by atoms with Crippen molar-refractivity contribution in [3.8, 4) is 17.4 Å². The number of nitriles is 1. The topological polar surface area (TPSA) is 117 Å². The molecule has 1 heterocycles. The molecule has 0 unspecified atom stereocenters. The maximum Gasteiger partial charge on any atom is 0.335 e. The molecule has 27 heavy (non-hydrogen) atoms. The summed E-state index contributed by atoms with van der Waals surface area (Å²) in [6, 6.07) is 17.3. The van der Waals surface area contributed by atoms with Crippen LogP contribution in [-0.2, 0) is 0 Å². The Morgan fingerprint density at radius 2 is 1.81 bits per heavy atom. The smallest absolute Gasteiger partial charge is 0.335 e. The molecule has 0 aliphatic rings. The van der Waals surface area contributed by atoms with Gasteiger partial charge in [0.05, 0.1) is 22.1 Å². The molecular weight excluding hydrogens is 348 g/mol. The van der Waals surface area contributed by atoms with E-state index in [2.05, 4.69) is 6.07 Å². The summed E-state index contributed by atoms with van der Waals surface area (Å²) >= 11 is 0. The van der Waals surface area contributed by atoms with Crippen LogP contribution in [0.15, 0.2) is 65.1 Å². The summed E-state index contributed by atoms with van der Waals surface area (Å²) in [5.74, 6) is -0.212. The molecule has 0 atom stereocenters. The van der Waals surface area contributed by atoms with E-state index in [1.165, 1.54) is 30.3 Å². The highest BCUT2D eigenvalue weighted by atomic mass is 16.6. The summed E-state index contributed by atoms with van der Waals surface area (Å²) in [6.07, 6.45) is 1.52. The van der Waals surface area contributed by atoms with E-state index in [4.69, 9.17) is 9.52 Å². The van der Waals surface area contributed by atoms with Gasteiger partial charge in [-0.2, -0.15) is 5.26 Å². The molecule has 7 heteroatoms. The molecule has 132 valence electrons. The van der Waals surface area contributed by atoms with Crippen LogP contribution in [0.25, 0.3) is 23.0 Å². The maximum absolute atomic E-state index is 10.9. The zero-order valence-corrected chi connectivity index (χ0v) is 13.8. The summed E-state index contributed by atoms with van der Waals surface area (Å²) in [4.78, 5) is 21.3. The average Bonchev–Trinajstić information content (AvgIpc) is 3.15. The van der Waals surface area contributed by atoms with Crippen LogP contribution in [0.3, 0.4) is 0 Å². The molecule has 0 saturated heterocycles. The van der Waals surface area contributed by atoms with Gasteiger partial charge in [0.15, 0.2) is 0 Å². The van der Waals surface area contributed by atoms with Crippen molar-refractivity contribution in [1.29, 1.82) is 5.26 Å². The van der Waals surface area contributed by atoms with Crippen molar-refractivity contribution in [2.75, 3.05) is 0 Å². The second-order valence-corrected chi connectivity index (χ2v) is 5.56. The van der Waals surface area contributed by atoms with Crippen LogP contribution in [0, 0.1) is 21.4 Å². The lowest BCUT2D eigenvalue weighted by molar-refractivity contribution is -0.384. The zero-order chi connectivity index (χ0) is 19.4. The van der Waals surface area contributed by atoms with Gasteiger partial charge in [0.25, 0.3) is 5.69 Å². The molecular formula is C20H12N2O5. The largest absolute Gasteiger partial charge is 0.478 e. The number of nitro groups is 1. The van der Waals surface area contributed by atoms with Gasteiger partial charge in [-0.05, 0) is 35.9 Å². The Bertz CT molecular complexity index is 1090. The molecule has 0 saturated carbocycles. The van der Waals surface area contributed by atoms with E-state index in [9.17, 15) is 20.2 Å². The molecule has 0 fully saturated rings. The fourth-order valence-electron chi connectivity index (χ4n) is 2.47. The number of benzene rings is 2. The van der Waals surface area contributed by atoms with Crippen LogP contribution >= 0.6 is 0 Å². The van der Waals surface area contributed by atoms with Crippen LogP contribution < -0.4 is 0 Å². The van der Waals surface area contributed by atoms with Crippen molar-refractivity contribution < 1.29 is 19.2 Å². The van der Waals surface area contributed by atoms with Gasteiger partial charge in [-0.15, -0.1) is 0 Å². The Hall–Kier alpha value is -4.18. The minimum absolute atomic E-state index is 0.0442. The lowest BCUT2D eigenvalue weighted by Gasteiger charge is -2.00. The number of hydrogen-bond acceptors (Lipinski definition) is 5. The van der Waals surface area contributed by atoms with E-state index < -0.39 is 10.9 Å². The number of allylic oxidation sites excluding steroid dienone is 1. The molecule has 7 nitrogen and oxygen atoms in total. The summed E-state index contributed by atoms with van der Waals surface area (Å²) in [6.45, 7) is 0. The van der Waals surface area contributed by atoms with Gasteiger partial charge in [0.1, 0.15) is 11.5 Å². The number of hydrogen-bond donors (Lipinski definition) is 1. The maximum atomic E-state index is 10.9. The van der Waals surface area contributed by atoms with Gasteiger partial charge in [-0.25, -0.2) is 4.79 Å². The Morgan fingerprint density at radius 3 is 2.44 bits per heavy atom. The van der Waals surface area contributed by atoms with E-state index in [1.54, 1.807) is 36.4 Å². The first-order chi connectivity index (χ1) is 13.0. The third kappa shape index (κ3) is 3.91. The van der Waals surface area contributed by atoms with Crippen LogP contribution in [0.4, 0.5) is 5.69 Å². The Balaban J connectivity index is 1.91. The Kier molecular flexibility index (Phi) is 4.82. The number of aromatic carboxylic acids is 1. The van der Waals surface area contributed by atoms with Crippen LogP contribution in [0.2, 0.25) is 0 Å². The van der Waals surface area contributed by atoms with Crippen LogP contribution in [-0.4, -0.2) is 16.0 Å². The van der Waals surface area contributed by atoms with Crippen LogP contribution in [0.5, 0.6) is 0 Å². The zero-order valence-electron chi connectivity index (χ0n) is 13.8. The molecule has 1 aromatic heterocycles. The van der Waals surface area contributed by atoms with E-state index in [0.29, 0.717) is 28.2 Å². The van der Waals surface area contributed by atoms with Crippen molar-refractivity contribution in [1.82, 2.24) is 0 Å². The highest BCUT2D eigenvalue weighted by molar-refractivity contribution is 5.91.